The van der Waals surface area contributed by atoms with Crippen LogP contribution in [0, 0.1) is 11.6 Å². The molecule has 2 heterocycles. The van der Waals surface area contributed by atoms with Gasteiger partial charge in [0, 0.05) is 40.4 Å². The standard InChI is InChI=1S/C24H26ClF2N3O2/c1-11(2)29-23(31)32-22-12(3)18-17(30-24(22,4)5)9-16(26)19(20(18)27)14-8-6-7-13-15(25)10-28-21(13)14/h6-12,22,28,30H,1-5H3,(H,29,31)/t12-,22?/m0/s1. The van der Waals surface area contributed by atoms with Crippen LogP contribution < -0.4 is 10.6 Å². The van der Waals surface area contributed by atoms with E-state index in [0.717, 1.165) is 0 Å². The van der Waals surface area contributed by atoms with E-state index in [2.05, 4.69) is 15.6 Å². The number of nitrogens with one attached hydrogen (secondary N) is 3. The Balaban J connectivity index is 1.84. The predicted molar refractivity (Wildman–Crippen MR) is 123 cm³/mol. The molecule has 0 saturated carbocycles. The molecule has 5 nitrogen and oxygen atoms in total. The van der Waals surface area contributed by atoms with Crippen molar-refractivity contribution in [2.45, 2.75) is 58.2 Å². The predicted octanol–water partition coefficient (Wildman–Crippen LogP) is 6.58. The van der Waals surface area contributed by atoms with Crippen molar-refractivity contribution in [1.82, 2.24) is 10.3 Å². The summed E-state index contributed by atoms with van der Waals surface area (Å²) in [5, 5.41) is 7.01. The summed E-state index contributed by atoms with van der Waals surface area (Å²) in [6.45, 7) is 9.11. The van der Waals surface area contributed by atoms with Gasteiger partial charge >= 0.3 is 6.09 Å². The molecule has 3 aromatic rings. The minimum absolute atomic E-state index is 0.102. The van der Waals surface area contributed by atoms with Crippen molar-refractivity contribution in [2.75, 3.05) is 5.32 Å². The maximum atomic E-state index is 16.0. The number of carbonyl (C=O) groups is 1. The van der Waals surface area contributed by atoms with Crippen LogP contribution in [0.1, 0.15) is 46.1 Å². The summed E-state index contributed by atoms with van der Waals surface area (Å²) < 4.78 is 36.9. The number of fused-ring (bicyclic) bond motifs is 2. The SMILES string of the molecule is CC(C)NC(=O)OC1[C@@H](C)c2c(cc(F)c(-c3cccc4c(Cl)c[nH]c34)c2F)NC1(C)C. The van der Waals surface area contributed by atoms with Gasteiger partial charge in [0.1, 0.15) is 17.7 Å². The summed E-state index contributed by atoms with van der Waals surface area (Å²) in [6.07, 6.45) is 0.328. The number of halogens is 3. The van der Waals surface area contributed by atoms with E-state index in [1.807, 2.05) is 27.7 Å². The van der Waals surface area contributed by atoms with Crippen LogP contribution in [0.3, 0.4) is 0 Å². The molecule has 3 N–H and O–H groups in total. The fourth-order valence-electron chi connectivity index (χ4n) is 4.59. The maximum Gasteiger partial charge on any atom is 0.407 e. The van der Waals surface area contributed by atoms with E-state index in [9.17, 15) is 4.79 Å². The van der Waals surface area contributed by atoms with Gasteiger partial charge < -0.3 is 20.4 Å². The number of ether oxygens (including phenoxy) is 1. The van der Waals surface area contributed by atoms with Gasteiger partial charge in [-0.3, -0.25) is 0 Å². The summed E-state index contributed by atoms with van der Waals surface area (Å²) in [5.74, 6) is -1.90. The Morgan fingerprint density at radius 1 is 1.28 bits per heavy atom. The van der Waals surface area contributed by atoms with Gasteiger partial charge in [0.25, 0.3) is 0 Å². The van der Waals surface area contributed by atoms with Crippen LogP contribution in [0.4, 0.5) is 19.3 Å². The zero-order chi connectivity index (χ0) is 23.4. The highest BCUT2D eigenvalue weighted by atomic mass is 35.5. The Kier molecular flexibility index (Phi) is 5.57. The van der Waals surface area contributed by atoms with Crippen LogP contribution in [0.5, 0.6) is 0 Å². The Bertz CT molecular complexity index is 1210. The molecule has 0 bridgehead atoms. The number of rotatable bonds is 3. The highest BCUT2D eigenvalue weighted by Crippen LogP contribution is 2.46. The van der Waals surface area contributed by atoms with Crippen molar-refractivity contribution in [2.24, 2.45) is 0 Å². The summed E-state index contributed by atoms with van der Waals surface area (Å²) in [6, 6.07) is 6.35. The topological polar surface area (TPSA) is 66.1 Å². The first-order valence-corrected chi connectivity index (χ1v) is 10.9. The lowest BCUT2D eigenvalue weighted by Gasteiger charge is -2.44. The highest BCUT2D eigenvalue weighted by molar-refractivity contribution is 6.36. The van der Waals surface area contributed by atoms with Crippen LogP contribution in [0.25, 0.3) is 22.0 Å². The molecular weight excluding hydrogens is 436 g/mol. The highest BCUT2D eigenvalue weighted by Gasteiger charge is 2.45. The molecule has 170 valence electrons. The fourth-order valence-corrected chi connectivity index (χ4v) is 4.80. The third-order valence-electron chi connectivity index (χ3n) is 5.91. The largest absolute Gasteiger partial charge is 0.443 e. The van der Waals surface area contributed by atoms with Gasteiger partial charge in [0.15, 0.2) is 0 Å². The van der Waals surface area contributed by atoms with Gasteiger partial charge in [0.2, 0.25) is 0 Å². The molecule has 0 fully saturated rings. The second-order valence-corrected chi connectivity index (χ2v) is 9.54. The second kappa shape index (κ2) is 7.96. The third-order valence-corrected chi connectivity index (χ3v) is 6.22. The van der Waals surface area contributed by atoms with Crippen LogP contribution in [0.2, 0.25) is 5.02 Å². The number of aromatic nitrogens is 1. The summed E-state index contributed by atoms with van der Waals surface area (Å²) in [4.78, 5) is 15.3. The number of hydrogen-bond donors (Lipinski definition) is 3. The number of aromatic amines is 1. The molecule has 1 amide bonds. The lowest BCUT2D eigenvalue weighted by molar-refractivity contribution is 0.0454. The number of hydrogen-bond acceptors (Lipinski definition) is 3. The molecule has 4 rings (SSSR count). The second-order valence-electron chi connectivity index (χ2n) is 9.13. The van der Waals surface area contributed by atoms with Gasteiger partial charge in [-0.1, -0.05) is 36.7 Å². The van der Waals surface area contributed by atoms with Gasteiger partial charge in [-0.15, -0.1) is 0 Å². The van der Waals surface area contributed by atoms with E-state index in [1.54, 1.807) is 31.3 Å². The first-order valence-electron chi connectivity index (χ1n) is 10.5. The average Bonchev–Trinajstić information content (AvgIpc) is 3.05. The van der Waals surface area contributed by atoms with Crippen LogP contribution in [0.15, 0.2) is 30.5 Å². The Morgan fingerprint density at radius 2 is 2.00 bits per heavy atom. The minimum atomic E-state index is -0.742. The summed E-state index contributed by atoms with van der Waals surface area (Å²) in [7, 11) is 0. The van der Waals surface area contributed by atoms with E-state index in [-0.39, 0.29) is 17.2 Å². The summed E-state index contributed by atoms with van der Waals surface area (Å²) in [5.41, 5.74) is 0.662. The van der Waals surface area contributed by atoms with Crippen molar-refractivity contribution >= 4 is 34.3 Å². The van der Waals surface area contributed by atoms with E-state index in [4.69, 9.17) is 16.3 Å². The van der Waals surface area contributed by atoms with E-state index < -0.39 is 35.3 Å². The molecule has 2 atom stereocenters. The lowest BCUT2D eigenvalue weighted by atomic mass is 9.77. The number of carbonyl (C=O) groups excluding carboxylic acids is 1. The fraction of sp³-hybridized carbons (Fsp3) is 0.375. The van der Waals surface area contributed by atoms with Crippen molar-refractivity contribution in [3.8, 4) is 11.1 Å². The molecule has 1 aliphatic heterocycles. The Labute approximate surface area is 190 Å². The smallest absolute Gasteiger partial charge is 0.407 e. The maximum absolute atomic E-state index is 16.0. The third kappa shape index (κ3) is 3.68. The van der Waals surface area contributed by atoms with Gasteiger partial charge in [-0.25, -0.2) is 13.6 Å². The molecule has 1 aliphatic rings. The monoisotopic (exact) mass is 461 g/mol. The van der Waals surface area contributed by atoms with Gasteiger partial charge in [0.05, 0.1) is 21.6 Å². The van der Waals surface area contributed by atoms with E-state index in [0.29, 0.717) is 27.2 Å². The first-order chi connectivity index (χ1) is 15.0. The van der Waals surface area contributed by atoms with Crippen molar-refractivity contribution < 1.29 is 18.3 Å². The molecule has 0 radical (unpaired) electrons. The van der Waals surface area contributed by atoms with Crippen molar-refractivity contribution in [1.29, 1.82) is 0 Å². The summed E-state index contributed by atoms with van der Waals surface area (Å²) >= 11 is 6.20. The zero-order valence-corrected chi connectivity index (χ0v) is 19.3. The number of H-pyrrole nitrogens is 1. The molecule has 8 heteroatoms. The number of para-hydroxylation sites is 1. The quantitative estimate of drug-likeness (QED) is 0.413. The number of anilines is 1. The zero-order valence-electron chi connectivity index (χ0n) is 18.6. The average molecular weight is 462 g/mol. The molecule has 0 spiro atoms. The number of alkyl carbamates (subject to hydrolysis) is 1. The molecule has 0 saturated heterocycles. The Hall–Kier alpha value is -2.80. The minimum Gasteiger partial charge on any atom is -0.443 e. The van der Waals surface area contributed by atoms with Gasteiger partial charge in [-0.05, 0) is 33.8 Å². The first kappa shape index (κ1) is 22.4. The Morgan fingerprint density at radius 3 is 2.69 bits per heavy atom. The normalized spacial score (nSPS) is 19.5. The van der Waals surface area contributed by atoms with Gasteiger partial charge in [-0.2, -0.15) is 0 Å². The number of benzene rings is 2. The van der Waals surface area contributed by atoms with Crippen LogP contribution >= 0.6 is 11.6 Å². The number of amides is 1. The lowest BCUT2D eigenvalue weighted by Crippen LogP contribution is -2.53. The van der Waals surface area contributed by atoms with E-state index >= 15 is 8.78 Å². The molecule has 1 aromatic heterocycles. The molecule has 32 heavy (non-hydrogen) atoms. The van der Waals surface area contributed by atoms with Crippen molar-refractivity contribution in [3.63, 3.8) is 0 Å². The van der Waals surface area contributed by atoms with Crippen LogP contribution in [-0.4, -0.2) is 28.8 Å². The van der Waals surface area contributed by atoms with Crippen LogP contribution in [-0.2, 0) is 4.74 Å². The molecule has 2 aromatic carbocycles. The van der Waals surface area contributed by atoms with E-state index in [1.165, 1.54) is 6.07 Å². The molecular formula is C24H26ClF2N3O2. The molecule has 0 aliphatic carbocycles. The van der Waals surface area contributed by atoms with Crippen molar-refractivity contribution in [3.05, 3.63) is 52.7 Å². The molecule has 1 unspecified atom stereocenters.